The van der Waals surface area contributed by atoms with Gasteiger partial charge in [0.1, 0.15) is 16.5 Å². The van der Waals surface area contributed by atoms with Gasteiger partial charge in [0, 0.05) is 16.9 Å². The van der Waals surface area contributed by atoms with E-state index in [0.29, 0.717) is 13.0 Å². The molecule has 0 unspecified atom stereocenters. The summed E-state index contributed by atoms with van der Waals surface area (Å²) in [6.07, 6.45) is 1.19. The van der Waals surface area contributed by atoms with Crippen LogP contribution in [0.5, 0.6) is 11.5 Å². The van der Waals surface area contributed by atoms with Crippen LogP contribution in [0.4, 0.5) is 0 Å². The van der Waals surface area contributed by atoms with Gasteiger partial charge in [0.2, 0.25) is 0 Å². The molecule has 0 amide bonds. The fraction of sp³-hybridized carbons (Fsp3) is 0.286. The summed E-state index contributed by atoms with van der Waals surface area (Å²) >= 11 is 1.60. The van der Waals surface area contributed by atoms with Crippen molar-refractivity contribution in [1.29, 1.82) is 5.26 Å². The number of aromatic nitrogens is 1. The molecular formula is C14H12N2O2S. The second-order valence-corrected chi connectivity index (χ2v) is 5.34. The Hall–Kier alpha value is -2.06. The molecular weight excluding hydrogens is 260 g/mol. The summed E-state index contributed by atoms with van der Waals surface area (Å²) in [6.45, 7) is 0.639. The van der Waals surface area contributed by atoms with Crippen LogP contribution in [0.15, 0.2) is 18.2 Å². The molecule has 1 aromatic carbocycles. The van der Waals surface area contributed by atoms with Gasteiger partial charge in [0.05, 0.1) is 31.9 Å². The summed E-state index contributed by atoms with van der Waals surface area (Å²) in [4.78, 5) is 5.76. The van der Waals surface area contributed by atoms with Gasteiger partial charge in [-0.1, -0.05) is 0 Å². The molecule has 0 aliphatic carbocycles. The van der Waals surface area contributed by atoms with Gasteiger partial charge in [0.25, 0.3) is 0 Å². The van der Waals surface area contributed by atoms with Crippen LogP contribution in [0.1, 0.15) is 9.88 Å². The number of hydrogen-bond acceptors (Lipinski definition) is 5. The van der Waals surface area contributed by atoms with Gasteiger partial charge in [-0.15, -0.1) is 11.3 Å². The molecule has 1 aliphatic heterocycles. The number of benzene rings is 1. The Bertz CT molecular complexity index is 658. The van der Waals surface area contributed by atoms with Crippen molar-refractivity contribution in [2.24, 2.45) is 0 Å². The highest BCUT2D eigenvalue weighted by atomic mass is 32.1. The minimum atomic E-state index is 0.359. The van der Waals surface area contributed by atoms with E-state index in [0.717, 1.165) is 34.2 Å². The van der Waals surface area contributed by atoms with Crippen LogP contribution in [0, 0.1) is 11.3 Å². The lowest BCUT2D eigenvalue weighted by Gasteiger charge is -2.08. The van der Waals surface area contributed by atoms with E-state index in [1.807, 2.05) is 18.2 Å². The minimum Gasteiger partial charge on any atom is -0.497 e. The SMILES string of the molecule is COc1ccc2c(c1)-c1nc(CC#N)sc1CCO2. The molecule has 19 heavy (non-hydrogen) atoms. The second kappa shape index (κ2) is 4.90. The van der Waals surface area contributed by atoms with Crippen molar-refractivity contribution in [3.8, 4) is 28.8 Å². The molecule has 2 heterocycles. The van der Waals surface area contributed by atoms with Gasteiger partial charge in [-0.2, -0.15) is 5.26 Å². The molecule has 96 valence electrons. The summed E-state index contributed by atoms with van der Waals surface area (Å²) < 4.78 is 11.0. The standard InChI is InChI=1S/C14H12N2O2S/c1-17-9-2-3-11-10(8-9)14-12(5-7-18-11)19-13(16-14)4-6-15/h2-3,8H,4-5,7H2,1H3. The van der Waals surface area contributed by atoms with E-state index in [1.165, 1.54) is 4.88 Å². The first-order valence-corrected chi connectivity index (χ1v) is 6.80. The normalized spacial score (nSPS) is 12.6. The van der Waals surface area contributed by atoms with Crippen molar-refractivity contribution in [3.05, 3.63) is 28.1 Å². The Morgan fingerprint density at radius 2 is 2.42 bits per heavy atom. The minimum absolute atomic E-state index is 0.359. The molecule has 0 radical (unpaired) electrons. The third-order valence-corrected chi connectivity index (χ3v) is 4.12. The van der Waals surface area contributed by atoms with E-state index in [4.69, 9.17) is 14.7 Å². The maximum Gasteiger partial charge on any atom is 0.129 e. The van der Waals surface area contributed by atoms with Gasteiger partial charge in [-0.05, 0) is 18.2 Å². The maximum absolute atomic E-state index is 8.79. The maximum atomic E-state index is 8.79. The van der Waals surface area contributed by atoms with E-state index in [9.17, 15) is 0 Å². The number of hydrogen-bond donors (Lipinski definition) is 0. The summed E-state index contributed by atoms with van der Waals surface area (Å²) in [7, 11) is 1.64. The van der Waals surface area contributed by atoms with Gasteiger partial charge < -0.3 is 9.47 Å². The molecule has 4 nitrogen and oxygen atoms in total. The molecule has 0 fully saturated rings. The summed E-state index contributed by atoms with van der Waals surface area (Å²) in [5.74, 6) is 1.61. The highest BCUT2D eigenvalue weighted by molar-refractivity contribution is 7.12. The van der Waals surface area contributed by atoms with Crippen molar-refractivity contribution >= 4 is 11.3 Å². The molecule has 1 aromatic heterocycles. The first-order chi connectivity index (χ1) is 9.31. The third kappa shape index (κ3) is 2.15. The van der Waals surface area contributed by atoms with E-state index in [1.54, 1.807) is 18.4 Å². The van der Waals surface area contributed by atoms with E-state index in [-0.39, 0.29) is 0 Å². The van der Waals surface area contributed by atoms with Crippen LogP contribution >= 0.6 is 11.3 Å². The fourth-order valence-electron chi connectivity index (χ4n) is 2.12. The van der Waals surface area contributed by atoms with Crippen LogP contribution in [0.3, 0.4) is 0 Å². The predicted molar refractivity (Wildman–Crippen MR) is 72.6 cm³/mol. The monoisotopic (exact) mass is 272 g/mol. The first-order valence-electron chi connectivity index (χ1n) is 5.98. The Labute approximate surface area is 115 Å². The molecule has 3 rings (SSSR count). The topological polar surface area (TPSA) is 55.1 Å². The Kier molecular flexibility index (Phi) is 3.10. The Morgan fingerprint density at radius 1 is 1.53 bits per heavy atom. The average molecular weight is 272 g/mol. The van der Waals surface area contributed by atoms with Crippen LogP contribution in [0.25, 0.3) is 11.3 Å². The Morgan fingerprint density at radius 3 is 3.21 bits per heavy atom. The smallest absolute Gasteiger partial charge is 0.129 e. The summed E-state index contributed by atoms with van der Waals surface area (Å²) in [5.41, 5.74) is 1.88. The van der Waals surface area contributed by atoms with Crippen molar-refractivity contribution in [3.63, 3.8) is 0 Å². The zero-order valence-electron chi connectivity index (χ0n) is 10.5. The van der Waals surface area contributed by atoms with E-state index >= 15 is 0 Å². The van der Waals surface area contributed by atoms with Crippen molar-refractivity contribution < 1.29 is 9.47 Å². The number of rotatable bonds is 2. The fourth-order valence-corrected chi connectivity index (χ4v) is 3.12. The number of fused-ring (bicyclic) bond motifs is 3. The van der Waals surface area contributed by atoms with Crippen LogP contribution < -0.4 is 9.47 Å². The molecule has 0 saturated heterocycles. The van der Waals surface area contributed by atoms with Crippen molar-refractivity contribution in [2.45, 2.75) is 12.8 Å². The second-order valence-electron chi connectivity index (χ2n) is 4.17. The molecule has 0 atom stereocenters. The van der Waals surface area contributed by atoms with Gasteiger partial charge in [0.15, 0.2) is 0 Å². The molecule has 2 aromatic rings. The van der Waals surface area contributed by atoms with Crippen molar-refractivity contribution in [1.82, 2.24) is 4.98 Å². The number of methoxy groups -OCH3 is 1. The lowest BCUT2D eigenvalue weighted by molar-refractivity contribution is 0.326. The van der Waals surface area contributed by atoms with Crippen molar-refractivity contribution in [2.75, 3.05) is 13.7 Å². The predicted octanol–water partition coefficient (Wildman–Crippen LogP) is 2.82. The van der Waals surface area contributed by atoms with Crippen LogP contribution in [0.2, 0.25) is 0 Å². The van der Waals surface area contributed by atoms with Gasteiger partial charge in [-0.3, -0.25) is 0 Å². The lowest BCUT2D eigenvalue weighted by atomic mass is 10.1. The Balaban J connectivity index is 2.14. The number of nitrogens with zero attached hydrogens (tertiary/aromatic N) is 2. The largest absolute Gasteiger partial charge is 0.497 e. The molecule has 5 heteroatoms. The van der Waals surface area contributed by atoms with Gasteiger partial charge in [-0.25, -0.2) is 4.98 Å². The lowest BCUT2D eigenvalue weighted by Crippen LogP contribution is -1.97. The zero-order chi connectivity index (χ0) is 13.2. The summed E-state index contributed by atoms with van der Waals surface area (Å²) in [5, 5.41) is 9.65. The highest BCUT2D eigenvalue weighted by Gasteiger charge is 2.20. The number of ether oxygens (including phenoxy) is 2. The molecule has 0 N–H and O–H groups in total. The zero-order valence-corrected chi connectivity index (χ0v) is 11.3. The molecule has 0 saturated carbocycles. The average Bonchev–Trinajstić information content (AvgIpc) is 2.75. The highest BCUT2D eigenvalue weighted by Crippen LogP contribution is 2.39. The number of nitriles is 1. The first kappa shape index (κ1) is 12.0. The van der Waals surface area contributed by atoms with E-state index in [2.05, 4.69) is 11.1 Å². The van der Waals surface area contributed by atoms with Crippen LogP contribution in [-0.2, 0) is 12.8 Å². The number of thiazole rings is 1. The molecule has 1 aliphatic rings. The van der Waals surface area contributed by atoms with E-state index < -0.39 is 0 Å². The van der Waals surface area contributed by atoms with Gasteiger partial charge >= 0.3 is 0 Å². The third-order valence-electron chi connectivity index (χ3n) is 3.00. The molecule has 0 bridgehead atoms. The van der Waals surface area contributed by atoms with Crippen LogP contribution in [-0.4, -0.2) is 18.7 Å². The summed E-state index contributed by atoms with van der Waals surface area (Å²) in [6, 6.07) is 7.88. The quantitative estimate of drug-likeness (QED) is 0.843. The molecule has 0 spiro atoms.